The van der Waals surface area contributed by atoms with Crippen LogP contribution in [-0.2, 0) is 0 Å². The number of para-hydroxylation sites is 1. The highest BCUT2D eigenvalue weighted by atomic mass is 16.2. The molecule has 1 aliphatic rings. The predicted octanol–water partition coefficient (Wildman–Crippen LogP) is 0.867. The van der Waals surface area contributed by atoms with Gasteiger partial charge >= 0.3 is 6.03 Å². The van der Waals surface area contributed by atoms with Crippen LogP contribution in [-0.4, -0.2) is 50.2 Å². The quantitative estimate of drug-likeness (QED) is 0.766. The van der Waals surface area contributed by atoms with E-state index in [1.807, 2.05) is 23.1 Å². The zero-order chi connectivity index (χ0) is 13.5. The topological polar surface area (TPSA) is 61.6 Å². The van der Waals surface area contributed by atoms with Crippen LogP contribution in [0, 0.1) is 0 Å². The monoisotopic (exact) mass is 262 g/mol. The van der Waals surface area contributed by atoms with Crippen LogP contribution in [0.25, 0.3) is 0 Å². The molecule has 1 saturated heterocycles. The van der Waals surface area contributed by atoms with Crippen LogP contribution < -0.4 is 16.0 Å². The van der Waals surface area contributed by atoms with E-state index in [0.717, 1.165) is 39.1 Å². The van der Waals surface area contributed by atoms with Gasteiger partial charge in [0.1, 0.15) is 0 Å². The SMILES string of the molecule is NCCCN(CCN1CCNC1=O)c1ccccc1. The van der Waals surface area contributed by atoms with Crippen molar-refractivity contribution < 1.29 is 4.79 Å². The Bertz CT molecular complexity index is 396. The molecule has 0 saturated carbocycles. The van der Waals surface area contributed by atoms with Gasteiger partial charge in [0.25, 0.3) is 0 Å². The van der Waals surface area contributed by atoms with Crippen molar-refractivity contribution in [2.45, 2.75) is 6.42 Å². The molecule has 0 spiro atoms. The first-order valence-electron chi connectivity index (χ1n) is 6.84. The van der Waals surface area contributed by atoms with Crippen molar-refractivity contribution in [2.24, 2.45) is 5.73 Å². The maximum absolute atomic E-state index is 11.5. The molecule has 1 heterocycles. The minimum absolute atomic E-state index is 0.0480. The second-order valence-corrected chi connectivity index (χ2v) is 4.68. The molecule has 0 atom stereocenters. The number of hydrogen-bond donors (Lipinski definition) is 2. The second kappa shape index (κ2) is 6.99. The fourth-order valence-electron chi connectivity index (χ4n) is 2.26. The van der Waals surface area contributed by atoms with E-state index >= 15 is 0 Å². The lowest BCUT2D eigenvalue weighted by molar-refractivity contribution is 0.218. The van der Waals surface area contributed by atoms with E-state index < -0.39 is 0 Å². The Morgan fingerprint density at radius 3 is 2.68 bits per heavy atom. The molecule has 0 radical (unpaired) electrons. The van der Waals surface area contributed by atoms with Gasteiger partial charge in [0.05, 0.1) is 0 Å². The molecule has 104 valence electrons. The number of urea groups is 1. The molecular weight excluding hydrogens is 240 g/mol. The third-order valence-electron chi connectivity index (χ3n) is 3.34. The van der Waals surface area contributed by atoms with Gasteiger partial charge < -0.3 is 20.9 Å². The van der Waals surface area contributed by atoms with Crippen molar-refractivity contribution in [1.29, 1.82) is 0 Å². The highest BCUT2D eigenvalue weighted by Crippen LogP contribution is 2.13. The summed E-state index contributed by atoms with van der Waals surface area (Å²) in [7, 11) is 0. The summed E-state index contributed by atoms with van der Waals surface area (Å²) >= 11 is 0. The van der Waals surface area contributed by atoms with Crippen LogP contribution in [0.2, 0.25) is 0 Å². The van der Waals surface area contributed by atoms with Crippen LogP contribution in [0.1, 0.15) is 6.42 Å². The highest BCUT2D eigenvalue weighted by Gasteiger charge is 2.19. The summed E-state index contributed by atoms with van der Waals surface area (Å²) in [4.78, 5) is 15.7. The Balaban J connectivity index is 1.92. The smallest absolute Gasteiger partial charge is 0.317 e. The van der Waals surface area contributed by atoms with Gasteiger partial charge in [-0.15, -0.1) is 0 Å². The summed E-state index contributed by atoms with van der Waals surface area (Å²) in [5, 5.41) is 2.82. The Labute approximate surface area is 114 Å². The molecule has 19 heavy (non-hydrogen) atoms. The number of hydrogen-bond acceptors (Lipinski definition) is 3. The maximum Gasteiger partial charge on any atom is 0.317 e. The summed E-state index contributed by atoms with van der Waals surface area (Å²) in [5.74, 6) is 0. The van der Waals surface area contributed by atoms with Gasteiger partial charge in [-0.2, -0.15) is 0 Å². The third kappa shape index (κ3) is 3.86. The van der Waals surface area contributed by atoms with E-state index in [0.29, 0.717) is 6.54 Å². The van der Waals surface area contributed by atoms with E-state index in [1.54, 1.807) is 0 Å². The first-order chi connectivity index (χ1) is 9.31. The highest BCUT2D eigenvalue weighted by molar-refractivity contribution is 5.76. The summed E-state index contributed by atoms with van der Waals surface area (Å²) in [6.07, 6.45) is 0.959. The zero-order valence-electron chi connectivity index (χ0n) is 11.2. The zero-order valence-corrected chi connectivity index (χ0v) is 11.2. The van der Waals surface area contributed by atoms with Crippen LogP contribution in [0.5, 0.6) is 0 Å². The molecule has 0 unspecified atom stereocenters. The molecule has 0 bridgehead atoms. The Hall–Kier alpha value is -1.75. The van der Waals surface area contributed by atoms with E-state index in [-0.39, 0.29) is 6.03 Å². The van der Waals surface area contributed by atoms with Gasteiger partial charge in [-0.05, 0) is 25.1 Å². The van der Waals surface area contributed by atoms with Crippen LogP contribution >= 0.6 is 0 Å². The normalized spacial score (nSPS) is 14.6. The number of nitrogens with zero attached hydrogens (tertiary/aromatic N) is 2. The number of benzene rings is 1. The number of nitrogens with two attached hydrogens (primary N) is 1. The minimum atomic E-state index is 0.0480. The van der Waals surface area contributed by atoms with Gasteiger partial charge in [-0.3, -0.25) is 0 Å². The minimum Gasteiger partial charge on any atom is -0.370 e. The number of nitrogens with one attached hydrogen (secondary N) is 1. The third-order valence-corrected chi connectivity index (χ3v) is 3.34. The number of anilines is 1. The molecule has 1 aliphatic heterocycles. The summed E-state index contributed by atoms with van der Waals surface area (Å²) in [6.45, 7) is 4.78. The van der Waals surface area contributed by atoms with Crippen LogP contribution in [0.4, 0.5) is 10.5 Å². The lowest BCUT2D eigenvalue weighted by atomic mass is 10.2. The van der Waals surface area contributed by atoms with E-state index in [9.17, 15) is 4.79 Å². The fourth-order valence-corrected chi connectivity index (χ4v) is 2.26. The lowest BCUT2D eigenvalue weighted by Crippen LogP contribution is -2.37. The molecular formula is C14H22N4O. The van der Waals surface area contributed by atoms with Gasteiger partial charge in [-0.25, -0.2) is 4.79 Å². The van der Waals surface area contributed by atoms with Crippen molar-refractivity contribution in [3.8, 4) is 0 Å². The predicted molar refractivity (Wildman–Crippen MR) is 77.3 cm³/mol. The molecule has 1 fully saturated rings. The first-order valence-corrected chi connectivity index (χ1v) is 6.84. The second-order valence-electron chi connectivity index (χ2n) is 4.68. The largest absolute Gasteiger partial charge is 0.370 e. The number of carbonyl (C=O) groups excluding carboxylic acids is 1. The molecule has 0 aromatic heterocycles. The number of rotatable bonds is 7. The molecule has 2 rings (SSSR count). The molecule has 5 heteroatoms. The van der Waals surface area contributed by atoms with E-state index in [2.05, 4.69) is 22.3 Å². The van der Waals surface area contributed by atoms with Gasteiger partial charge in [-0.1, -0.05) is 18.2 Å². The van der Waals surface area contributed by atoms with Gasteiger partial charge in [0, 0.05) is 38.4 Å². The Kier molecular flexibility index (Phi) is 5.03. The van der Waals surface area contributed by atoms with Crippen LogP contribution in [0.3, 0.4) is 0 Å². The standard InChI is InChI=1S/C14H22N4O/c15-7-4-9-17(13-5-2-1-3-6-13)11-12-18-10-8-16-14(18)19/h1-3,5-6H,4,7-12,15H2,(H,16,19). The van der Waals surface area contributed by atoms with Crippen molar-refractivity contribution in [1.82, 2.24) is 10.2 Å². The van der Waals surface area contributed by atoms with Crippen molar-refractivity contribution in [2.75, 3.05) is 44.2 Å². The fraction of sp³-hybridized carbons (Fsp3) is 0.500. The lowest BCUT2D eigenvalue weighted by Gasteiger charge is -2.27. The average molecular weight is 262 g/mol. The molecule has 3 N–H and O–H groups in total. The maximum atomic E-state index is 11.5. The summed E-state index contributed by atoms with van der Waals surface area (Å²) in [5.41, 5.74) is 6.78. The Morgan fingerprint density at radius 1 is 1.26 bits per heavy atom. The van der Waals surface area contributed by atoms with Crippen molar-refractivity contribution in [3.63, 3.8) is 0 Å². The molecule has 5 nitrogen and oxygen atoms in total. The van der Waals surface area contributed by atoms with Crippen molar-refractivity contribution in [3.05, 3.63) is 30.3 Å². The first kappa shape index (κ1) is 13.7. The number of carbonyl (C=O) groups is 1. The van der Waals surface area contributed by atoms with Crippen LogP contribution in [0.15, 0.2) is 30.3 Å². The van der Waals surface area contributed by atoms with Crippen molar-refractivity contribution >= 4 is 11.7 Å². The summed E-state index contributed by atoms with van der Waals surface area (Å²) in [6, 6.07) is 10.3. The average Bonchev–Trinajstić information content (AvgIpc) is 2.85. The van der Waals surface area contributed by atoms with Gasteiger partial charge in [0.2, 0.25) is 0 Å². The molecule has 1 aromatic carbocycles. The van der Waals surface area contributed by atoms with Gasteiger partial charge in [0.15, 0.2) is 0 Å². The van der Waals surface area contributed by atoms with E-state index in [1.165, 1.54) is 5.69 Å². The number of amides is 2. The Morgan fingerprint density at radius 2 is 2.05 bits per heavy atom. The molecule has 2 amide bonds. The molecule has 0 aliphatic carbocycles. The molecule has 1 aromatic rings. The van der Waals surface area contributed by atoms with E-state index in [4.69, 9.17) is 5.73 Å². The summed E-state index contributed by atoms with van der Waals surface area (Å²) < 4.78 is 0.